The van der Waals surface area contributed by atoms with Crippen molar-refractivity contribution in [2.24, 2.45) is 0 Å². The predicted molar refractivity (Wildman–Crippen MR) is 83.7 cm³/mol. The van der Waals surface area contributed by atoms with E-state index in [1.165, 1.54) is 12.1 Å². The van der Waals surface area contributed by atoms with Crippen LogP contribution in [0, 0.1) is 5.82 Å². The number of benzene rings is 2. The van der Waals surface area contributed by atoms with Gasteiger partial charge < -0.3 is 10.1 Å². The summed E-state index contributed by atoms with van der Waals surface area (Å²) in [6, 6.07) is 15.6. The Morgan fingerprint density at radius 1 is 1.09 bits per heavy atom. The molecule has 22 heavy (non-hydrogen) atoms. The summed E-state index contributed by atoms with van der Waals surface area (Å²) in [4.78, 5) is 12.1. The molecule has 0 unspecified atom stereocenters. The van der Waals surface area contributed by atoms with Gasteiger partial charge in [0, 0.05) is 0 Å². The lowest BCUT2D eigenvalue weighted by Gasteiger charge is -2.18. The lowest BCUT2D eigenvalue weighted by molar-refractivity contribution is -0.133. The number of nitrogens with one attached hydrogen (secondary N) is 1. The third-order valence-electron chi connectivity index (χ3n) is 3.44. The zero-order valence-electron chi connectivity index (χ0n) is 12.8. The molecule has 0 fully saturated rings. The summed E-state index contributed by atoms with van der Waals surface area (Å²) in [5.74, 6) is -0.477. The van der Waals surface area contributed by atoms with E-state index in [0.29, 0.717) is 6.61 Å². The molecular formula is C18H20FNO2. The molecule has 0 aliphatic rings. The standard InChI is InChI=1S/C18H20FNO2/c1-13(16-8-10-17(19)11-9-16)20-18(21)14(2)22-12-15-6-4-3-5-7-15/h3-11,13-14H,12H2,1-2H3,(H,20,21)/t13-,14-/m0/s1. The van der Waals surface area contributed by atoms with Crippen LogP contribution in [0.2, 0.25) is 0 Å². The van der Waals surface area contributed by atoms with Crippen molar-refractivity contribution in [1.29, 1.82) is 0 Å². The number of hydrogen-bond donors (Lipinski definition) is 1. The van der Waals surface area contributed by atoms with Crippen molar-refractivity contribution in [3.8, 4) is 0 Å². The maximum Gasteiger partial charge on any atom is 0.249 e. The van der Waals surface area contributed by atoms with E-state index < -0.39 is 6.10 Å². The van der Waals surface area contributed by atoms with Crippen molar-refractivity contribution in [2.45, 2.75) is 32.6 Å². The summed E-state index contributed by atoms with van der Waals surface area (Å²) in [6.45, 7) is 3.96. The SMILES string of the molecule is C[C@H](OCc1ccccc1)C(=O)N[C@@H](C)c1ccc(F)cc1. The van der Waals surface area contributed by atoms with Crippen molar-refractivity contribution in [3.63, 3.8) is 0 Å². The molecule has 0 saturated carbocycles. The zero-order valence-corrected chi connectivity index (χ0v) is 12.8. The topological polar surface area (TPSA) is 38.3 Å². The first-order valence-electron chi connectivity index (χ1n) is 7.27. The van der Waals surface area contributed by atoms with Crippen molar-refractivity contribution < 1.29 is 13.9 Å². The van der Waals surface area contributed by atoms with Gasteiger partial charge in [0.1, 0.15) is 11.9 Å². The number of ether oxygens (including phenoxy) is 1. The molecular weight excluding hydrogens is 281 g/mol. The molecule has 2 rings (SSSR count). The number of carbonyl (C=O) groups excluding carboxylic acids is 1. The van der Waals surface area contributed by atoms with Crippen molar-refractivity contribution >= 4 is 5.91 Å². The third kappa shape index (κ3) is 4.67. The average Bonchev–Trinajstić information content (AvgIpc) is 2.54. The minimum Gasteiger partial charge on any atom is -0.364 e. The Balaban J connectivity index is 1.84. The molecule has 2 aromatic rings. The maximum absolute atomic E-state index is 12.9. The van der Waals surface area contributed by atoms with Gasteiger partial charge >= 0.3 is 0 Å². The minimum atomic E-state index is -0.553. The van der Waals surface area contributed by atoms with Crippen LogP contribution in [0.5, 0.6) is 0 Å². The van der Waals surface area contributed by atoms with Gasteiger partial charge in [-0.25, -0.2) is 4.39 Å². The smallest absolute Gasteiger partial charge is 0.249 e. The second-order valence-electron chi connectivity index (χ2n) is 5.22. The Hall–Kier alpha value is -2.20. The molecule has 0 radical (unpaired) electrons. The molecule has 1 amide bonds. The summed E-state index contributed by atoms with van der Waals surface area (Å²) in [5.41, 5.74) is 1.87. The number of halogens is 1. The van der Waals surface area contributed by atoms with Crippen molar-refractivity contribution in [2.75, 3.05) is 0 Å². The van der Waals surface area contributed by atoms with Crippen LogP contribution in [0.25, 0.3) is 0 Å². The van der Waals surface area contributed by atoms with E-state index >= 15 is 0 Å². The molecule has 0 saturated heterocycles. The monoisotopic (exact) mass is 301 g/mol. The van der Waals surface area contributed by atoms with Crippen LogP contribution in [0.15, 0.2) is 54.6 Å². The molecule has 2 aromatic carbocycles. The van der Waals surface area contributed by atoms with Crippen molar-refractivity contribution in [3.05, 3.63) is 71.5 Å². The summed E-state index contributed by atoms with van der Waals surface area (Å²) in [7, 11) is 0. The second kappa shape index (κ2) is 7.71. The number of rotatable bonds is 6. The molecule has 0 heterocycles. The fourth-order valence-corrected chi connectivity index (χ4v) is 2.04. The first kappa shape index (κ1) is 16.2. The largest absolute Gasteiger partial charge is 0.364 e. The Morgan fingerprint density at radius 3 is 2.36 bits per heavy atom. The van der Waals surface area contributed by atoms with Crippen molar-refractivity contribution in [1.82, 2.24) is 5.32 Å². The van der Waals surface area contributed by atoms with Gasteiger partial charge in [0.2, 0.25) is 5.91 Å². The molecule has 2 atom stereocenters. The first-order chi connectivity index (χ1) is 10.6. The van der Waals surface area contributed by atoms with Gasteiger partial charge in [-0.3, -0.25) is 4.79 Å². The molecule has 116 valence electrons. The van der Waals surface area contributed by atoms with E-state index in [1.807, 2.05) is 37.3 Å². The van der Waals surface area contributed by atoms with Crippen LogP contribution in [-0.4, -0.2) is 12.0 Å². The van der Waals surface area contributed by atoms with Crippen LogP contribution in [-0.2, 0) is 16.1 Å². The van der Waals surface area contributed by atoms with Gasteiger partial charge in [-0.05, 0) is 37.1 Å². The van der Waals surface area contributed by atoms with Gasteiger partial charge in [-0.15, -0.1) is 0 Å². The second-order valence-corrected chi connectivity index (χ2v) is 5.22. The van der Waals surface area contributed by atoms with Crippen LogP contribution in [0.1, 0.15) is 31.0 Å². The fourth-order valence-electron chi connectivity index (χ4n) is 2.04. The van der Waals surface area contributed by atoms with Gasteiger partial charge in [0.15, 0.2) is 0 Å². The number of amides is 1. The lowest BCUT2D eigenvalue weighted by atomic mass is 10.1. The third-order valence-corrected chi connectivity index (χ3v) is 3.44. The van der Waals surface area contributed by atoms with E-state index in [0.717, 1.165) is 11.1 Å². The Kier molecular flexibility index (Phi) is 5.67. The zero-order chi connectivity index (χ0) is 15.9. The van der Waals surface area contributed by atoms with Crippen LogP contribution < -0.4 is 5.32 Å². The van der Waals surface area contributed by atoms with Crippen LogP contribution in [0.3, 0.4) is 0 Å². The summed E-state index contributed by atoms with van der Waals surface area (Å²) in [6.07, 6.45) is -0.553. The van der Waals surface area contributed by atoms with Gasteiger partial charge in [0.05, 0.1) is 12.6 Å². The van der Waals surface area contributed by atoms with E-state index in [-0.39, 0.29) is 17.8 Å². The van der Waals surface area contributed by atoms with Gasteiger partial charge in [0.25, 0.3) is 0 Å². The lowest BCUT2D eigenvalue weighted by Crippen LogP contribution is -2.36. The summed E-state index contributed by atoms with van der Waals surface area (Å²) >= 11 is 0. The highest BCUT2D eigenvalue weighted by molar-refractivity contribution is 5.80. The maximum atomic E-state index is 12.9. The van der Waals surface area contributed by atoms with Gasteiger partial charge in [-0.2, -0.15) is 0 Å². The summed E-state index contributed by atoms with van der Waals surface area (Å²) < 4.78 is 18.5. The van der Waals surface area contributed by atoms with Gasteiger partial charge in [-0.1, -0.05) is 42.5 Å². The molecule has 4 heteroatoms. The molecule has 0 aromatic heterocycles. The molecule has 1 N–H and O–H groups in total. The average molecular weight is 301 g/mol. The van der Waals surface area contributed by atoms with E-state index in [2.05, 4.69) is 5.32 Å². The van der Waals surface area contributed by atoms with E-state index in [4.69, 9.17) is 4.74 Å². The Bertz CT molecular complexity index is 598. The normalized spacial score (nSPS) is 13.4. The first-order valence-corrected chi connectivity index (χ1v) is 7.27. The van der Waals surface area contributed by atoms with Crippen LogP contribution in [0.4, 0.5) is 4.39 Å². The highest BCUT2D eigenvalue weighted by atomic mass is 19.1. The quantitative estimate of drug-likeness (QED) is 0.885. The Morgan fingerprint density at radius 2 is 1.73 bits per heavy atom. The molecule has 0 spiro atoms. The van der Waals surface area contributed by atoms with E-state index in [1.54, 1.807) is 19.1 Å². The van der Waals surface area contributed by atoms with E-state index in [9.17, 15) is 9.18 Å². The summed E-state index contributed by atoms with van der Waals surface area (Å²) in [5, 5.41) is 2.87. The number of hydrogen-bond acceptors (Lipinski definition) is 2. The molecule has 3 nitrogen and oxygen atoms in total. The minimum absolute atomic E-state index is 0.187. The molecule has 0 aliphatic carbocycles. The molecule has 0 aliphatic heterocycles. The Labute approximate surface area is 130 Å². The highest BCUT2D eigenvalue weighted by Crippen LogP contribution is 2.13. The highest BCUT2D eigenvalue weighted by Gasteiger charge is 2.16. The van der Waals surface area contributed by atoms with Crippen LogP contribution >= 0.6 is 0 Å². The number of carbonyl (C=O) groups is 1. The predicted octanol–water partition coefficient (Wildman–Crippen LogP) is 3.61. The molecule has 0 bridgehead atoms. The fraction of sp³-hybridized carbons (Fsp3) is 0.278.